The molecule has 3 atom stereocenters. The maximum absolute atomic E-state index is 14.0. The van der Waals surface area contributed by atoms with Gasteiger partial charge in [-0.05, 0) is 12.0 Å². The minimum absolute atomic E-state index is 0.159. The first-order chi connectivity index (χ1) is 10.6. The molecule has 1 unspecified atom stereocenters. The van der Waals surface area contributed by atoms with Crippen molar-refractivity contribution in [3.63, 3.8) is 0 Å². The van der Waals surface area contributed by atoms with E-state index in [0.717, 1.165) is 10.1 Å². The molecule has 1 saturated carbocycles. The predicted octanol–water partition coefficient (Wildman–Crippen LogP) is 0.950. The largest absolute Gasteiger partial charge is 0.396 e. The lowest BCUT2D eigenvalue weighted by Gasteiger charge is -2.39. The smallest absolute Gasteiger partial charge is 0.331 e. The standard InChI is InChI=1S/C16H17FN2O3/c17-15-12(10-20)8-13(15)18-7-6-14(21)19(16(18)22)9-11-4-2-1-3-5-11/h1-7,12-13,15,20H,8-10H2/t12-,13-,15?/m1/s1. The van der Waals surface area contributed by atoms with Crippen molar-refractivity contribution in [2.45, 2.75) is 25.2 Å². The highest BCUT2D eigenvalue weighted by Crippen LogP contribution is 2.39. The lowest BCUT2D eigenvalue weighted by molar-refractivity contribution is -0.000932. The van der Waals surface area contributed by atoms with Crippen LogP contribution in [0.5, 0.6) is 0 Å². The summed E-state index contributed by atoms with van der Waals surface area (Å²) in [6.45, 7) is -0.0669. The van der Waals surface area contributed by atoms with E-state index in [9.17, 15) is 14.0 Å². The van der Waals surface area contributed by atoms with E-state index < -0.39 is 29.4 Å². The number of aliphatic hydroxyl groups excluding tert-OH is 1. The summed E-state index contributed by atoms with van der Waals surface area (Å²) in [5.74, 6) is -0.425. The molecule has 6 heteroatoms. The second-order valence-electron chi connectivity index (χ2n) is 5.61. The summed E-state index contributed by atoms with van der Waals surface area (Å²) in [5.41, 5.74) is -0.0861. The summed E-state index contributed by atoms with van der Waals surface area (Å²) >= 11 is 0. The summed E-state index contributed by atoms with van der Waals surface area (Å²) in [4.78, 5) is 24.4. The minimum Gasteiger partial charge on any atom is -0.396 e. The number of nitrogens with zero attached hydrogens (tertiary/aromatic N) is 2. The van der Waals surface area contributed by atoms with Crippen molar-refractivity contribution >= 4 is 0 Å². The van der Waals surface area contributed by atoms with E-state index in [1.54, 1.807) is 0 Å². The summed E-state index contributed by atoms with van der Waals surface area (Å²) in [6.07, 6.45) is 0.489. The first-order valence-electron chi connectivity index (χ1n) is 7.22. The van der Waals surface area contributed by atoms with Crippen LogP contribution in [0.15, 0.2) is 52.2 Å². The van der Waals surface area contributed by atoms with Crippen molar-refractivity contribution in [1.29, 1.82) is 0 Å². The highest BCUT2D eigenvalue weighted by molar-refractivity contribution is 5.15. The van der Waals surface area contributed by atoms with Gasteiger partial charge in [-0.2, -0.15) is 0 Å². The molecule has 0 saturated heterocycles. The van der Waals surface area contributed by atoms with Crippen molar-refractivity contribution in [2.24, 2.45) is 5.92 Å². The van der Waals surface area contributed by atoms with E-state index in [1.165, 1.54) is 16.8 Å². The van der Waals surface area contributed by atoms with Crippen LogP contribution in [-0.2, 0) is 6.54 Å². The molecule has 1 fully saturated rings. The van der Waals surface area contributed by atoms with Crippen LogP contribution < -0.4 is 11.2 Å². The van der Waals surface area contributed by atoms with Gasteiger partial charge in [-0.3, -0.25) is 13.9 Å². The zero-order chi connectivity index (χ0) is 15.7. The van der Waals surface area contributed by atoms with E-state index in [4.69, 9.17) is 5.11 Å². The molecular formula is C16H17FN2O3. The number of hydrogen-bond donors (Lipinski definition) is 1. The third-order valence-corrected chi connectivity index (χ3v) is 4.23. The van der Waals surface area contributed by atoms with Crippen molar-refractivity contribution in [1.82, 2.24) is 9.13 Å². The normalized spacial score (nSPS) is 24.0. The average Bonchev–Trinajstić information content (AvgIpc) is 2.53. The fraction of sp³-hybridized carbons (Fsp3) is 0.375. The maximum Gasteiger partial charge on any atom is 0.331 e. The second-order valence-corrected chi connectivity index (χ2v) is 5.61. The van der Waals surface area contributed by atoms with Crippen LogP contribution in [0.4, 0.5) is 4.39 Å². The maximum atomic E-state index is 14.0. The number of benzene rings is 1. The first kappa shape index (κ1) is 14.7. The Hall–Kier alpha value is -2.21. The van der Waals surface area contributed by atoms with Crippen molar-refractivity contribution in [3.05, 3.63) is 69.0 Å². The Balaban J connectivity index is 1.94. The van der Waals surface area contributed by atoms with Crippen LogP contribution in [-0.4, -0.2) is 27.0 Å². The summed E-state index contributed by atoms with van der Waals surface area (Å²) in [5, 5.41) is 9.00. The van der Waals surface area contributed by atoms with E-state index in [1.807, 2.05) is 30.3 Å². The highest BCUT2D eigenvalue weighted by Gasteiger charge is 2.42. The van der Waals surface area contributed by atoms with E-state index in [-0.39, 0.29) is 13.2 Å². The van der Waals surface area contributed by atoms with Gasteiger partial charge in [0.2, 0.25) is 0 Å². The monoisotopic (exact) mass is 304 g/mol. The second kappa shape index (κ2) is 5.88. The topological polar surface area (TPSA) is 64.2 Å². The predicted molar refractivity (Wildman–Crippen MR) is 79.6 cm³/mol. The number of hydrogen-bond acceptors (Lipinski definition) is 3. The Kier molecular flexibility index (Phi) is 3.94. The van der Waals surface area contributed by atoms with Gasteiger partial charge < -0.3 is 5.11 Å². The molecule has 116 valence electrons. The van der Waals surface area contributed by atoms with E-state index >= 15 is 0 Å². The molecule has 5 nitrogen and oxygen atoms in total. The summed E-state index contributed by atoms with van der Waals surface area (Å²) in [6, 6.07) is 9.84. The Bertz CT molecular complexity index is 769. The first-order valence-corrected chi connectivity index (χ1v) is 7.22. The minimum atomic E-state index is -1.26. The van der Waals surface area contributed by atoms with Gasteiger partial charge in [-0.25, -0.2) is 9.18 Å². The van der Waals surface area contributed by atoms with E-state index in [0.29, 0.717) is 6.42 Å². The van der Waals surface area contributed by atoms with Gasteiger partial charge in [-0.1, -0.05) is 30.3 Å². The zero-order valence-corrected chi connectivity index (χ0v) is 11.9. The molecule has 1 aromatic carbocycles. The van der Waals surface area contributed by atoms with Gasteiger partial charge in [0, 0.05) is 24.8 Å². The van der Waals surface area contributed by atoms with Gasteiger partial charge in [-0.15, -0.1) is 0 Å². The molecular weight excluding hydrogens is 287 g/mol. The number of alkyl halides is 1. The van der Waals surface area contributed by atoms with Crippen LogP contribution in [0.3, 0.4) is 0 Å². The van der Waals surface area contributed by atoms with Crippen molar-refractivity contribution in [3.8, 4) is 0 Å². The van der Waals surface area contributed by atoms with Crippen molar-refractivity contribution in [2.75, 3.05) is 6.61 Å². The van der Waals surface area contributed by atoms with Gasteiger partial charge in [0.25, 0.3) is 5.56 Å². The lowest BCUT2D eigenvalue weighted by atomic mass is 9.78. The van der Waals surface area contributed by atoms with Crippen LogP contribution in [0.2, 0.25) is 0 Å². The molecule has 0 amide bonds. The molecule has 2 aromatic rings. The fourth-order valence-electron chi connectivity index (χ4n) is 2.83. The fourth-order valence-corrected chi connectivity index (χ4v) is 2.83. The number of halogens is 1. The van der Waals surface area contributed by atoms with Gasteiger partial charge in [0.1, 0.15) is 6.17 Å². The molecule has 1 N–H and O–H groups in total. The molecule has 1 heterocycles. The van der Waals surface area contributed by atoms with Crippen LogP contribution in [0, 0.1) is 5.92 Å². The van der Waals surface area contributed by atoms with Crippen LogP contribution in [0.25, 0.3) is 0 Å². The Morgan fingerprint density at radius 1 is 1.18 bits per heavy atom. The molecule has 0 spiro atoms. The Morgan fingerprint density at radius 2 is 1.91 bits per heavy atom. The Labute approximate surface area is 126 Å². The van der Waals surface area contributed by atoms with E-state index in [2.05, 4.69) is 0 Å². The third-order valence-electron chi connectivity index (χ3n) is 4.23. The van der Waals surface area contributed by atoms with Crippen molar-refractivity contribution < 1.29 is 9.50 Å². The molecule has 0 aliphatic heterocycles. The Morgan fingerprint density at radius 3 is 2.55 bits per heavy atom. The molecule has 22 heavy (non-hydrogen) atoms. The highest BCUT2D eigenvalue weighted by atomic mass is 19.1. The molecule has 0 bridgehead atoms. The third kappa shape index (κ3) is 2.50. The number of aromatic nitrogens is 2. The summed E-state index contributed by atoms with van der Waals surface area (Å²) < 4.78 is 16.3. The van der Waals surface area contributed by atoms with Gasteiger partial charge >= 0.3 is 5.69 Å². The molecule has 0 radical (unpaired) electrons. The summed E-state index contributed by atoms with van der Waals surface area (Å²) in [7, 11) is 0. The SMILES string of the molecule is O=c1ccn([C@@H]2C[C@H](CO)C2F)c(=O)n1Cc1ccccc1. The van der Waals surface area contributed by atoms with Gasteiger partial charge in [0.05, 0.1) is 12.6 Å². The number of rotatable bonds is 4. The average molecular weight is 304 g/mol. The lowest BCUT2D eigenvalue weighted by Crippen LogP contribution is -2.49. The molecule has 1 aliphatic carbocycles. The van der Waals surface area contributed by atoms with Crippen LogP contribution in [0.1, 0.15) is 18.0 Å². The zero-order valence-electron chi connectivity index (χ0n) is 11.9. The van der Waals surface area contributed by atoms with Gasteiger partial charge in [0.15, 0.2) is 0 Å². The number of aliphatic hydroxyl groups is 1. The quantitative estimate of drug-likeness (QED) is 0.914. The van der Waals surface area contributed by atoms with Crippen LogP contribution >= 0.6 is 0 Å². The molecule has 3 rings (SSSR count). The molecule has 1 aromatic heterocycles. The molecule has 1 aliphatic rings.